The molecule has 0 saturated heterocycles. The molecule has 0 saturated carbocycles. The maximum atomic E-state index is 12.5. The third-order valence-electron chi connectivity index (χ3n) is 4.88. The van der Waals surface area contributed by atoms with Crippen LogP contribution in [-0.4, -0.2) is 23.0 Å². The van der Waals surface area contributed by atoms with Crippen LogP contribution in [0.1, 0.15) is 22.5 Å². The van der Waals surface area contributed by atoms with Gasteiger partial charge < -0.3 is 10.1 Å². The molecule has 3 aromatic rings. The highest BCUT2D eigenvalue weighted by Crippen LogP contribution is 2.34. The number of amides is 1. The van der Waals surface area contributed by atoms with Crippen LogP contribution >= 0.6 is 15.9 Å². The van der Waals surface area contributed by atoms with Gasteiger partial charge in [-0.25, -0.2) is 9.97 Å². The van der Waals surface area contributed by atoms with E-state index in [0.717, 1.165) is 45.6 Å². The fraction of sp³-hybridized carbons (Fsp3) is 0.227. The molecule has 0 aliphatic heterocycles. The topological polar surface area (TPSA) is 64.1 Å². The van der Waals surface area contributed by atoms with Crippen molar-refractivity contribution in [3.05, 3.63) is 69.5 Å². The summed E-state index contributed by atoms with van der Waals surface area (Å²) in [6.07, 6.45) is 1.97. The molecule has 2 aromatic carbocycles. The minimum atomic E-state index is -0.0966. The van der Waals surface area contributed by atoms with E-state index in [4.69, 9.17) is 14.7 Å². The quantitative estimate of drug-likeness (QED) is 0.652. The molecule has 5 nitrogen and oxygen atoms in total. The second kappa shape index (κ2) is 7.72. The number of carbonyl (C=O) groups excluding carboxylic acids is 1. The summed E-state index contributed by atoms with van der Waals surface area (Å²) in [4.78, 5) is 21.9. The Labute approximate surface area is 172 Å². The lowest BCUT2D eigenvalue weighted by Crippen LogP contribution is -2.19. The van der Waals surface area contributed by atoms with Gasteiger partial charge in [-0.3, -0.25) is 4.79 Å². The molecule has 1 aromatic heterocycles. The zero-order valence-electron chi connectivity index (χ0n) is 15.8. The predicted molar refractivity (Wildman–Crippen MR) is 113 cm³/mol. The van der Waals surface area contributed by atoms with E-state index in [1.165, 1.54) is 5.56 Å². The Morgan fingerprint density at radius 1 is 1.14 bits per heavy atom. The van der Waals surface area contributed by atoms with Crippen molar-refractivity contribution in [2.24, 2.45) is 0 Å². The van der Waals surface area contributed by atoms with Crippen molar-refractivity contribution in [1.29, 1.82) is 0 Å². The molecule has 0 unspecified atom stereocenters. The lowest BCUT2D eigenvalue weighted by molar-refractivity contribution is -0.115. The number of halogens is 1. The molecule has 1 amide bonds. The fourth-order valence-corrected chi connectivity index (χ4v) is 3.68. The summed E-state index contributed by atoms with van der Waals surface area (Å²) in [5.41, 5.74) is 5.78. The Kier molecular flexibility index (Phi) is 5.13. The van der Waals surface area contributed by atoms with Crippen LogP contribution in [-0.2, 0) is 24.1 Å². The van der Waals surface area contributed by atoms with E-state index in [2.05, 4.69) is 27.3 Å². The van der Waals surface area contributed by atoms with E-state index in [0.29, 0.717) is 17.9 Å². The summed E-state index contributed by atoms with van der Waals surface area (Å²) in [5.74, 6) is 1.29. The standard InChI is InChI=1S/C22H20BrN3O2/c1-13-22(26-20(27)11-14-3-6-16(23)7-4-14)25-19-10-5-15-12-17(28-2)8-9-18(15)21(19)24-13/h3-4,6-9,12H,5,10-11H2,1-2H3,(H,25,26,27). The van der Waals surface area contributed by atoms with Crippen LogP contribution in [0.25, 0.3) is 11.3 Å². The van der Waals surface area contributed by atoms with E-state index in [1.54, 1.807) is 7.11 Å². The van der Waals surface area contributed by atoms with Crippen molar-refractivity contribution in [2.75, 3.05) is 12.4 Å². The molecule has 6 heteroatoms. The Morgan fingerprint density at radius 3 is 2.68 bits per heavy atom. The zero-order valence-corrected chi connectivity index (χ0v) is 17.3. The SMILES string of the molecule is COc1ccc2c(c1)CCc1nc(NC(=O)Cc3ccc(Br)cc3)c(C)nc1-2. The normalized spacial score (nSPS) is 12.1. The van der Waals surface area contributed by atoms with Gasteiger partial charge >= 0.3 is 0 Å². The van der Waals surface area contributed by atoms with Crippen LogP contribution in [0.2, 0.25) is 0 Å². The lowest BCUT2D eigenvalue weighted by Gasteiger charge is -2.20. The second-order valence-electron chi connectivity index (χ2n) is 6.83. The smallest absolute Gasteiger partial charge is 0.229 e. The van der Waals surface area contributed by atoms with Gasteiger partial charge in [-0.1, -0.05) is 28.1 Å². The van der Waals surface area contributed by atoms with E-state index < -0.39 is 0 Å². The number of nitrogens with zero attached hydrogens (tertiary/aromatic N) is 2. The van der Waals surface area contributed by atoms with Gasteiger partial charge in [-0.05, 0) is 61.2 Å². The van der Waals surface area contributed by atoms with Crippen molar-refractivity contribution >= 4 is 27.7 Å². The number of ether oxygens (including phenoxy) is 1. The maximum absolute atomic E-state index is 12.5. The zero-order chi connectivity index (χ0) is 19.7. The number of methoxy groups -OCH3 is 1. The number of hydrogen-bond acceptors (Lipinski definition) is 4. The molecule has 1 aliphatic carbocycles. The van der Waals surface area contributed by atoms with Gasteiger partial charge in [0.05, 0.1) is 30.6 Å². The number of hydrogen-bond donors (Lipinski definition) is 1. The fourth-order valence-electron chi connectivity index (χ4n) is 3.41. The van der Waals surface area contributed by atoms with E-state index >= 15 is 0 Å². The van der Waals surface area contributed by atoms with Crippen LogP contribution in [0, 0.1) is 6.92 Å². The van der Waals surface area contributed by atoms with Gasteiger partial charge in [0.1, 0.15) is 5.75 Å². The van der Waals surface area contributed by atoms with Crippen molar-refractivity contribution in [3.8, 4) is 17.0 Å². The van der Waals surface area contributed by atoms with Crippen molar-refractivity contribution in [2.45, 2.75) is 26.2 Å². The third kappa shape index (κ3) is 3.78. The first-order chi connectivity index (χ1) is 13.5. The molecule has 1 N–H and O–H groups in total. The van der Waals surface area contributed by atoms with Gasteiger partial charge in [-0.15, -0.1) is 0 Å². The highest BCUT2D eigenvalue weighted by molar-refractivity contribution is 9.10. The molecule has 0 bridgehead atoms. The summed E-state index contributed by atoms with van der Waals surface area (Å²) >= 11 is 3.40. The van der Waals surface area contributed by atoms with E-state index in [1.807, 2.05) is 43.3 Å². The Balaban J connectivity index is 1.57. The number of fused-ring (bicyclic) bond motifs is 3. The summed E-state index contributed by atoms with van der Waals surface area (Å²) in [6, 6.07) is 13.8. The van der Waals surface area contributed by atoms with Crippen LogP contribution in [0.3, 0.4) is 0 Å². The molecule has 0 atom stereocenters. The number of rotatable bonds is 4. The highest BCUT2D eigenvalue weighted by atomic mass is 79.9. The van der Waals surface area contributed by atoms with Gasteiger partial charge in [0.15, 0.2) is 5.82 Å². The minimum Gasteiger partial charge on any atom is -0.497 e. The average Bonchev–Trinajstić information content (AvgIpc) is 2.70. The van der Waals surface area contributed by atoms with Crippen molar-refractivity contribution in [3.63, 3.8) is 0 Å². The van der Waals surface area contributed by atoms with Crippen LogP contribution < -0.4 is 10.1 Å². The summed E-state index contributed by atoms with van der Waals surface area (Å²) < 4.78 is 6.32. The first-order valence-electron chi connectivity index (χ1n) is 9.12. The molecule has 4 rings (SSSR count). The molecule has 28 heavy (non-hydrogen) atoms. The third-order valence-corrected chi connectivity index (χ3v) is 5.41. The summed E-state index contributed by atoms with van der Waals surface area (Å²) in [6.45, 7) is 1.88. The van der Waals surface area contributed by atoms with E-state index in [-0.39, 0.29) is 5.91 Å². The monoisotopic (exact) mass is 437 g/mol. The summed E-state index contributed by atoms with van der Waals surface area (Å²) in [7, 11) is 1.67. The number of nitrogens with one attached hydrogen (secondary N) is 1. The van der Waals surface area contributed by atoms with Crippen molar-refractivity contribution in [1.82, 2.24) is 9.97 Å². The van der Waals surface area contributed by atoms with Gasteiger partial charge in [0.2, 0.25) is 5.91 Å². The second-order valence-corrected chi connectivity index (χ2v) is 7.74. The Bertz CT molecular complexity index is 1050. The number of benzene rings is 2. The lowest BCUT2D eigenvalue weighted by atomic mass is 9.91. The molecule has 0 spiro atoms. The molecular formula is C22H20BrN3O2. The number of carbonyl (C=O) groups is 1. The maximum Gasteiger partial charge on any atom is 0.229 e. The Morgan fingerprint density at radius 2 is 1.93 bits per heavy atom. The van der Waals surface area contributed by atoms with E-state index in [9.17, 15) is 4.79 Å². The Hall–Kier alpha value is -2.73. The highest BCUT2D eigenvalue weighted by Gasteiger charge is 2.21. The number of aromatic nitrogens is 2. The minimum absolute atomic E-state index is 0.0966. The van der Waals surface area contributed by atoms with Crippen LogP contribution in [0.4, 0.5) is 5.82 Å². The van der Waals surface area contributed by atoms with Crippen molar-refractivity contribution < 1.29 is 9.53 Å². The van der Waals surface area contributed by atoms with Crippen LogP contribution in [0.15, 0.2) is 46.9 Å². The number of aryl methyl sites for hydroxylation is 3. The molecule has 0 radical (unpaired) electrons. The molecule has 1 heterocycles. The van der Waals surface area contributed by atoms with Crippen LogP contribution in [0.5, 0.6) is 5.75 Å². The van der Waals surface area contributed by atoms with Gasteiger partial charge in [-0.2, -0.15) is 0 Å². The van der Waals surface area contributed by atoms with Gasteiger partial charge in [0, 0.05) is 10.0 Å². The number of anilines is 1. The first kappa shape index (κ1) is 18.6. The molecule has 0 fully saturated rings. The average molecular weight is 438 g/mol. The molecule has 1 aliphatic rings. The first-order valence-corrected chi connectivity index (χ1v) is 9.92. The molecular weight excluding hydrogens is 418 g/mol. The molecule has 142 valence electrons. The summed E-state index contributed by atoms with van der Waals surface area (Å²) in [5, 5.41) is 2.92. The largest absolute Gasteiger partial charge is 0.497 e. The predicted octanol–water partition coefficient (Wildman–Crippen LogP) is 4.50. The van der Waals surface area contributed by atoms with Gasteiger partial charge in [0.25, 0.3) is 0 Å².